The van der Waals surface area contributed by atoms with E-state index in [0.717, 1.165) is 83.5 Å². The van der Waals surface area contributed by atoms with Gasteiger partial charge in [0.25, 0.3) is 0 Å². The van der Waals surface area contributed by atoms with Gasteiger partial charge in [0.2, 0.25) is 0 Å². The van der Waals surface area contributed by atoms with Gasteiger partial charge in [0.1, 0.15) is 13.2 Å². The molecular formula is C72H128O6. The van der Waals surface area contributed by atoms with E-state index >= 15 is 0 Å². The molecule has 0 fully saturated rings. The van der Waals surface area contributed by atoms with Gasteiger partial charge < -0.3 is 14.2 Å². The Bertz CT molecular complexity index is 1440. The minimum Gasteiger partial charge on any atom is -0.462 e. The third-order valence-electron chi connectivity index (χ3n) is 14.9. The second kappa shape index (κ2) is 66.4. The number of hydrogen-bond donors (Lipinski definition) is 0. The Morgan fingerprint density at radius 2 is 0.462 bits per heavy atom. The number of allylic oxidation sites excluding steroid dienone is 12. The molecule has 0 aromatic rings. The van der Waals surface area contributed by atoms with E-state index in [1.807, 2.05) is 0 Å². The predicted octanol–water partition coefficient (Wildman–Crippen LogP) is 23.3. The quantitative estimate of drug-likeness (QED) is 0.0261. The molecule has 78 heavy (non-hydrogen) atoms. The van der Waals surface area contributed by atoms with Crippen molar-refractivity contribution in [1.82, 2.24) is 0 Å². The molecule has 0 heterocycles. The standard InChI is InChI=1S/C72H128O6/c1-4-7-10-13-16-19-22-25-28-30-32-34-35-36-37-39-40-42-44-47-50-53-56-59-62-65-71(74)77-68-69(67-76-70(73)64-61-58-55-52-49-46-27-24-21-18-15-12-9-6-3)78-72(75)66-63-60-57-54-51-48-45-43-41-38-33-31-29-26-23-20-17-14-11-8-5-2/h22-27,30-33,35-36,69H,4-21,28-29,34,37-68H2,1-3H3/b25-22-,26-23-,27-24-,32-30-,33-31-,36-35-. The molecule has 1 unspecified atom stereocenters. The van der Waals surface area contributed by atoms with Crippen molar-refractivity contribution in [2.75, 3.05) is 13.2 Å². The molecule has 0 saturated heterocycles. The topological polar surface area (TPSA) is 78.9 Å². The van der Waals surface area contributed by atoms with E-state index in [9.17, 15) is 14.4 Å². The van der Waals surface area contributed by atoms with Crippen LogP contribution in [0.15, 0.2) is 72.9 Å². The van der Waals surface area contributed by atoms with Gasteiger partial charge in [-0.25, -0.2) is 0 Å². The van der Waals surface area contributed by atoms with Crippen molar-refractivity contribution in [3.05, 3.63) is 72.9 Å². The monoisotopic (exact) mass is 1090 g/mol. The molecule has 452 valence electrons. The molecular weight excluding hydrogens is 961 g/mol. The summed E-state index contributed by atoms with van der Waals surface area (Å²) >= 11 is 0. The summed E-state index contributed by atoms with van der Waals surface area (Å²) in [7, 11) is 0. The molecule has 0 aliphatic heterocycles. The first-order valence-electron chi connectivity index (χ1n) is 33.9. The van der Waals surface area contributed by atoms with Gasteiger partial charge in [-0.05, 0) is 116 Å². The van der Waals surface area contributed by atoms with Crippen LogP contribution in [0.4, 0.5) is 0 Å². The molecule has 0 rings (SSSR count). The van der Waals surface area contributed by atoms with Crippen molar-refractivity contribution >= 4 is 17.9 Å². The zero-order valence-electron chi connectivity index (χ0n) is 51.9. The number of hydrogen-bond acceptors (Lipinski definition) is 6. The van der Waals surface area contributed by atoms with Gasteiger partial charge >= 0.3 is 17.9 Å². The maximum Gasteiger partial charge on any atom is 0.306 e. The Kier molecular flexibility index (Phi) is 63.7. The van der Waals surface area contributed by atoms with E-state index in [-0.39, 0.29) is 31.1 Å². The summed E-state index contributed by atoms with van der Waals surface area (Å²) in [4.78, 5) is 38.4. The average Bonchev–Trinajstić information content (AvgIpc) is 3.44. The summed E-state index contributed by atoms with van der Waals surface area (Å²) in [5, 5.41) is 0. The highest BCUT2D eigenvalue weighted by Gasteiger charge is 2.19. The van der Waals surface area contributed by atoms with Gasteiger partial charge in [0.05, 0.1) is 0 Å². The maximum absolute atomic E-state index is 12.9. The van der Waals surface area contributed by atoms with Crippen LogP contribution in [-0.2, 0) is 28.6 Å². The second-order valence-corrected chi connectivity index (χ2v) is 22.7. The third kappa shape index (κ3) is 63.7. The lowest BCUT2D eigenvalue weighted by atomic mass is 10.0. The van der Waals surface area contributed by atoms with E-state index in [1.165, 1.54) is 225 Å². The van der Waals surface area contributed by atoms with Gasteiger partial charge in [-0.1, -0.05) is 286 Å². The van der Waals surface area contributed by atoms with Crippen LogP contribution in [0.3, 0.4) is 0 Å². The average molecular weight is 1090 g/mol. The lowest BCUT2D eigenvalue weighted by Crippen LogP contribution is -2.30. The SMILES string of the molecule is CCCCCCC/C=C\C/C=C\C/C=C\CCCCCCCCCCCCC(=O)OCC(COC(=O)CCCCCCC/C=C\CCCCCCC)OC(=O)CCCCCCCCCCC/C=C\C/C=C\CCCCCCC. The fraction of sp³-hybridized carbons (Fsp3) is 0.792. The van der Waals surface area contributed by atoms with Crippen LogP contribution in [0.25, 0.3) is 0 Å². The van der Waals surface area contributed by atoms with E-state index < -0.39 is 6.10 Å². The predicted molar refractivity (Wildman–Crippen MR) is 339 cm³/mol. The van der Waals surface area contributed by atoms with Gasteiger partial charge in [0, 0.05) is 19.3 Å². The Hall–Kier alpha value is -3.15. The summed E-state index contributed by atoms with van der Waals surface area (Å²) in [5.74, 6) is -0.880. The fourth-order valence-corrected chi connectivity index (χ4v) is 9.77. The minimum atomic E-state index is -0.784. The highest BCUT2D eigenvalue weighted by Crippen LogP contribution is 2.16. The smallest absolute Gasteiger partial charge is 0.306 e. The summed E-state index contributed by atoms with van der Waals surface area (Å²) in [6, 6.07) is 0. The fourth-order valence-electron chi connectivity index (χ4n) is 9.77. The normalized spacial score (nSPS) is 12.5. The molecule has 6 heteroatoms. The molecule has 0 aliphatic rings. The van der Waals surface area contributed by atoms with Crippen molar-refractivity contribution in [3.8, 4) is 0 Å². The first-order valence-corrected chi connectivity index (χ1v) is 33.9. The maximum atomic E-state index is 12.9. The number of carbonyl (C=O) groups is 3. The molecule has 0 aromatic carbocycles. The number of esters is 3. The molecule has 0 radical (unpaired) electrons. The van der Waals surface area contributed by atoms with Crippen LogP contribution < -0.4 is 0 Å². The van der Waals surface area contributed by atoms with Gasteiger partial charge in [-0.3, -0.25) is 14.4 Å². The summed E-state index contributed by atoms with van der Waals surface area (Å²) in [6.45, 7) is 6.64. The third-order valence-corrected chi connectivity index (χ3v) is 14.9. The van der Waals surface area contributed by atoms with E-state index in [2.05, 4.69) is 93.7 Å². The summed E-state index contributed by atoms with van der Waals surface area (Å²) in [5.41, 5.74) is 0. The zero-order chi connectivity index (χ0) is 56.4. The van der Waals surface area contributed by atoms with Crippen LogP contribution in [0.5, 0.6) is 0 Å². The van der Waals surface area contributed by atoms with Crippen molar-refractivity contribution in [2.24, 2.45) is 0 Å². The number of carbonyl (C=O) groups excluding carboxylic acids is 3. The molecule has 0 aliphatic carbocycles. The van der Waals surface area contributed by atoms with Crippen molar-refractivity contribution < 1.29 is 28.6 Å². The molecule has 0 N–H and O–H groups in total. The molecule has 0 aromatic heterocycles. The molecule has 0 amide bonds. The lowest BCUT2D eigenvalue weighted by Gasteiger charge is -2.18. The van der Waals surface area contributed by atoms with Crippen LogP contribution >= 0.6 is 0 Å². The Morgan fingerprint density at radius 3 is 0.731 bits per heavy atom. The van der Waals surface area contributed by atoms with Gasteiger partial charge in [-0.2, -0.15) is 0 Å². The Labute approximate surface area is 484 Å². The highest BCUT2D eigenvalue weighted by atomic mass is 16.6. The Balaban J connectivity index is 4.33. The van der Waals surface area contributed by atoms with Gasteiger partial charge in [-0.15, -0.1) is 0 Å². The number of ether oxygens (including phenoxy) is 3. The lowest BCUT2D eigenvalue weighted by molar-refractivity contribution is -0.167. The van der Waals surface area contributed by atoms with Crippen molar-refractivity contribution in [2.45, 2.75) is 354 Å². The van der Waals surface area contributed by atoms with Gasteiger partial charge in [0.15, 0.2) is 6.10 Å². The first-order chi connectivity index (χ1) is 38.5. The molecule has 6 nitrogen and oxygen atoms in total. The largest absolute Gasteiger partial charge is 0.462 e. The number of unbranched alkanes of at least 4 members (excludes halogenated alkanes) is 39. The molecule has 0 saturated carbocycles. The van der Waals surface area contributed by atoms with Crippen LogP contribution in [0.2, 0.25) is 0 Å². The minimum absolute atomic E-state index is 0.0802. The van der Waals surface area contributed by atoms with Crippen LogP contribution in [-0.4, -0.2) is 37.2 Å². The van der Waals surface area contributed by atoms with E-state index in [1.54, 1.807) is 0 Å². The van der Waals surface area contributed by atoms with Crippen molar-refractivity contribution in [1.29, 1.82) is 0 Å². The summed E-state index contributed by atoms with van der Waals surface area (Å²) < 4.78 is 17.0. The number of rotatable bonds is 62. The second-order valence-electron chi connectivity index (χ2n) is 22.7. The molecule has 0 spiro atoms. The van der Waals surface area contributed by atoms with Crippen LogP contribution in [0, 0.1) is 0 Å². The van der Waals surface area contributed by atoms with E-state index in [4.69, 9.17) is 14.2 Å². The molecule has 1 atom stereocenters. The van der Waals surface area contributed by atoms with Crippen molar-refractivity contribution in [3.63, 3.8) is 0 Å². The molecule has 0 bridgehead atoms. The van der Waals surface area contributed by atoms with E-state index in [0.29, 0.717) is 19.3 Å². The Morgan fingerprint density at radius 1 is 0.256 bits per heavy atom. The van der Waals surface area contributed by atoms with Crippen LogP contribution in [0.1, 0.15) is 348 Å². The zero-order valence-corrected chi connectivity index (χ0v) is 51.9. The highest BCUT2D eigenvalue weighted by molar-refractivity contribution is 5.71. The first kappa shape index (κ1) is 74.8. The summed E-state index contributed by atoms with van der Waals surface area (Å²) in [6.07, 6.45) is 86.2.